The molecular weight excluding hydrogens is 301 g/mol. The Kier molecular flexibility index (Phi) is 4.16. The highest BCUT2D eigenvalue weighted by molar-refractivity contribution is 7.51. The standard InChI is InChI=1S/C11H14N3O6P/c1-6-4-14(11(16)13-10(6)15)9-2-7(3-12)8(20-9)5-21(17,18)19/h4,7-9H,2,5H2,1H3,(H,13,15,16)(H2,17,18,19)/t7-,8-,9-/m1/s1. The van der Waals surface area contributed by atoms with Gasteiger partial charge in [-0.3, -0.25) is 18.9 Å². The van der Waals surface area contributed by atoms with Gasteiger partial charge in [0.25, 0.3) is 5.56 Å². The number of ether oxygens (including phenoxy) is 1. The highest BCUT2D eigenvalue weighted by Gasteiger charge is 2.40. The van der Waals surface area contributed by atoms with Crippen LogP contribution in [0.4, 0.5) is 0 Å². The van der Waals surface area contributed by atoms with Gasteiger partial charge < -0.3 is 14.5 Å². The summed E-state index contributed by atoms with van der Waals surface area (Å²) in [5, 5.41) is 9.04. The average molecular weight is 315 g/mol. The van der Waals surface area contributed by atoms with Gasteiger partial charge in [-0.2, -0.15) is 5.26 Å². The maximum Gasteiger partial charge on any atom is 0.330 e. The lowest BCUT2D eigenvalue weighted by atomic mass is 10.0. The average Bonchev–Trinajstić information content (AvgIpc) is 2.74. The van der Waals surface area contributed by atoms with E-state index in [1.807, 2.05) is 6.07 Å². The molecule has 0 saturated carbocycles. The van der Waals surface area contributed by atoms with Crippen molar-refractivity contribution in [1.29, 1.82) is 5.26 Å². The number of hydrogen-bond acceptors (Lipinski definition) is 5. The molecule has 10 heteroatoms. The summed E-state index contributed by atoms with van der Waals surface area (Å²) in [5.41, 5.74) is -0.910. The van der Waals surface area contributed by atoms with Crippen LogP contribution >= 0.6 is 7.60 Å². The van der Waals surface area contributed by atoms with Gasteiger partial charge in [0.05, 0.1) is 24.3 Å². The molecule has 0 radical (unpaired) electrons. The Morgan fingerprint density at radius 1 is 1.57 bits per heavy atom. The molecule has 1 aliphatic heterocycles. The van der Waals surface area contributed by atoms with Crippen molar-refractivity contribution in [2.45, 2.75) is 25.7 Å². The van der Waals surface area contributed by atoms with Crippen molar-refractivity contribution in [3.8, 4) is 6.07 Å². The van der Waals surface area contributed by atoms with Crippen LogP contribution in [0.2, 0.25) is 0 Å². The van der Waals surface area contributed by atoms with Crippen LogP contribution in [0.5, 0.6) is 0 Å². The number of aromatic amines is 1. The first-order valence-electron chi connectivity index (χ1n) is 6.13. The van der Waals surface area contributed by atoms with E-state index in [-0.39, 0.29) is 6.42 Å². The third-order valence-corrected chi connectivity index (χ3v) is 4.11. The van der Waals surface area contributed by atoms with Gasteiger partial charge in [-0.05, 0) is 6.92 Å². The Balaban J connectivity index is 2.30. The molecule has 1 saturated heterocycles. The molecule has 0 spiro atoms. The predicted molar refractivity (Wildman–Crippen MR) is 70.6 cm³/mol. The van der Waals surface area contributed by atoms with Crippen molar-refractivity contribution in [2.24, 2.45) is 5.92 Å². The number of hydrogen-bond donors (Lipinski definition) is 3. The summed E-state index contributed by atoms with van der Waals surface area (Å²) in [6.45, 7) is 1.51. The molecule has 1 aliphatic rings. The zero-order valence-corrected chi connectivity index (χ0v) is 12.0. The Labute approximate surface area is 119 Å². The van der Waals surface area contributed by atoms with Crippen molar-refractivity contribution in [3.05, 3.63) is 32.6 Å². The first-order valence-corrected chi connectivity index (χ1v) is 7.93. The summed E-state index contributed by atoms with van der Waals surface area (Å²) in [4.78, 5) is 43.2. The van der Waals surface area contributed by atoms with E-state index in [1.165, 1.54) is 13.1 Å². The third-order valence-electron chi connectivity index (χ3n) is 3.28. The monoisotopic (exact) mass is 315 g/mol. The molecule has 3 atom stereocenters. The maximum atomic E-state index is 11.8. The quantitative estimate of drug-likeness (QED) is 0.634. The number of nitriles is 1. The Bertz CT molecular complexity index is 742. The summed E-state index contributed by atoms with van der Waals surface area (Å²) in [6.07, 6.45) is -0.958. The van der Waals surface area contributed by atoms with Crippen LogP contribution in [0, 0.1) is 24.2 Å². The summed E-state index contributed by atoms with van der Waals surface area (Å²) in [7, 11) is -4.33. The maximum absolute atomic E-state index is 11.8. The largest absolute Gasteiger partial charge is 0.353 e. The summed E-state index contributed by atoms with van der Waals surface area (Å²) < 4.78 is 17.6. The van der Waals surface area contributed by atoms with Gasteiger partial charge in [-0.1, -0.05) is 0 Å². The second kappa shape index (κ2) is 5.58. The minimum atomic E-state index is -4.33. The third kappa shape index (κ3) is 3.49. The van der Waals surface area contributed by atoms with Crippen LogP contribution in [-0.4, -0.2) is 31.6 Å². The molecule has 3 N–H and O–H groups in total. The van der Waals surface area contributed by atoms with Crippen molar-refractivity contribution in [3.63, 3.8) is 0 Å². The number of rotatable bonds is 3. The van der Waals surface area contributed by atoms with Gasteiger partial charge in [0.1, 0.15) is 6.23 Å². The number of aromatic nitrogens is 2. The lowest BCUT2D eigenvalue weighted by molar-refractivity contribution is 0.00441. The van der Waals surface area contributed by atoms with Crippen LogP contribution in [-0.2, 0) is 9.30 Å². The molecular formula is C11H14N3O6P. The van der Waals surface area contributed by atoms with Crippen LogP contribution in [0.15, 0.2) is 15.8 Å². The molecule has 9 nitrogen and oxygen atoms in total. The van der Waals surface area contributed by atoms with Gasteiger partial charge in [-0.25, -0.2) is 4.79 Å². The molecule has 1 aromatic rings. The summed E-state index contributed by atoms with van der Waals surface area (Å²) >= 11 is 0. The zero-order chi connectivity index (χ0) is 15.8. The molecule has 1 aromatic heterocycles. The normalized spacial score (nSPS) is 25.7. The van der Waals surface area contributed by atoms with E-state index in [9.17, 15) is 14.2 Å². The van der Waals surface area contributed by atoms with Gasteiger partial charge in [-0.15, -0.1) is 0 Å². The lowest BCUT2D eigenvalue weighted by Crippen LogP contribution is -2.33. The predicted octanol–water partition coefficient (Wildman–Crippen LogP) is -0.550. The fourth-order valence-corrected chi connectivity index (χ4v) is 3.05. The van der Waals surface area contributed by atoms with Crippen molar-refractivity contribution in [1.82, 2.24) is 9.55 Å². The molecule has 21 heavy (non-hydrogen) atoms. The van der Waals surface area contributed by atoms with Crippen LogP contribution in [0.3, 0.4) is 0 Å². The SMILES string of the molecule is Cc1cn([C@H]2C[C@H](C#N)[C@@H](CP(=O)(O)O)O2)c(=O)[nH]c1=O. The minimum absolute atomic E-state index is 0.118. The Morgan fingerprint density at radius 2 is 2.24 bits per heavy atom. The Hall–Kier alpha value is -1.72. The molecule has 0 aromatic carbocycles. The number of nitrogens with zero attached hydrogens (tertiary/aromatic N) is 2. The first-order chi connectivity index (χ1) is 9.71. The molecule has 114 valence electrons. The van der Waals surface area contributed by atoms with Crippen LogP contribution in [0.25, 0.3) is 0 Å². The van der Waals surface area contributed by atoms with E-state index < -0.39 is 43.3 Å². The van der Waals surface area contributed by atoms with E-state index in [2.05, 4.69) is 4.98 Å². The molecule has 2 rings (SSSR count). The molecule has 1 fully saturated rings. The fraction of sp³-hybridized carbons (Fsp3) is 0.545. The number of aryl methyl sites for hydroxylation is 1. The zero-order valence-electron chi connectivity index (χ0n) is 11.1. The first kappa shape index (κ1) is 15.7. The van der Waals surface area contributed by atoms with E-state index in [0.717, 1.165) is 4.57 Å². The minimum Gasteiger partial charge on any atom is -0.353 e. The van der Waals surface area contributed by atoms with E-state index in [4.69, 9.17) is 19.8 Å². The molecule has 2 heterocycles. The van der Waals surface area contributed by atoms with Crippen LogP contribution in [0.1, 0.15) is 18.2 Å². The number of H-pyrrole nitrogens is 1. The highest BCUT2D eigenvalue weighted by Crippen LogP contribution is 2.42. The van der Waals surface area contributed by atoms with Gasteiger partial charge in [0.15, 0.2) is 0 Å². The van der Waals surface area contributed by atoms with Crippen molar-refractivity contribution < 1.29 is 19.1 Å². The molecule has 0 aliphatic carbocycles. The second-order valence-electron chi connectivity index (χ2n) is 4.93. The van der Waals surface area contributed by atoms with E-state index in [1.54, 1.807) is 0 Å². The van der Waals surface area contributed by atoms with Gasteiger partial charge in [0, 0.05) is 18.2 Å². The number of nitrogens with one attached hydrogen (secondary N) is 1. The van der Waals surface area contributed by atoms with Crippen molar-refractivity contribution >= 4 is 7.60 Å². The summed E-state index contributed by atoms with van der Waals surface area (Å²) in [5.74, 6) is -0.734. The topological polar surface area (TPSA) is 145 Å². The highest BCUT2D eigenvalue weighted by atomic mass is 31.2. The van der Waals surface area contributed by atoms with Crippen molar-refractivity contribution in [2.75, 3.05) is 6.16 Å². The van der Waals surface area contributed by atoms with E-state index >= 15 is 0 Å². The smallest absolute Gasteiger partial charge is 0.330 e. The van der Waals surface area contributed by atoms with Crippen LogP contribution < -0.4 is 11.2 Å². The fourth-order valence-electron chi connectivity index (χ4n) is 2.24. The molecule has 0 unspecified atom stereocenters. The Morgan fingerprint density at radius 3 is 2.81 bits per heavy atom. The summed E-state index contributed by atoms with van der Waals surface area (Å²) in [6, 6.07) is 1.93. The van der Waals surface area contributed by atoms with Gasteiger partial charge in [0.2, 0.25) is 0 Å². The van der Waals surface area contributed by atoms with Gasteiger partial charge >= 0.3 is 13.3 Å². The molecule has 0 bridgehead atoms. The second-order valence-corrected chi connectivity index (χ2v) is 6.62. The van der Waals surface area contributed by atoms with E-state index in [0.29, 0.717) is 5.56 Å². The molecule has 0 amide bonds. The lowest BCUT2D eigenvalue weighted by Gasteiger charge is -2.16.